The third kappa shape index (κ3) is 3.61. The summed E-state index contributed by atoms with van der Waals surface area (Å²) in [5.74, 6) is 0. The van der Waals surface area contributed by atoms with Crippen molar-refractivity contribution in [3.05, 3.63) is 30.3 Å². The van der Waals surface area contributed by atoms with E-state index in [-0.39, 0.29) is 0 Å². The number of rotatable bonds is 6. The molecule has 0 amide bonds. The van der Waals surface area contributed by atoms with Gasteiger partial charge >= 0.3 is 0 Å². The number of benzene rings is 1. The van der Waals surface area contributed by atoms with Crippen LogP contribution in [0.5, 0.6) is 0 Å². The van der Waals surface area contributed by atoms with Gasteiger partial charge in [0.05, 0.1) is 11.1 Å². The molecule has 110 valence electrons. The normalized spacial score (nSPS) is 19.1. The molecule has 0 bridgehead atoms. The summed E-state index contributed by atoms with van der Waals surface area (Å²) < 4.78 is 0. The Morgan fingerprint density at radius 1 is 1.48 bits per heavy atom. The quantitative estimate of drug-likeness (QED) is 0.790. The zero-order chi connectivity index (χ0) is 14.9. The summed E-state index contributed by atoms with van der Waals surface area (Å²) in [6.07, 6.45) is 3.27. The van der Waals surface area contributed by atoms with E-state index in [0.717, 1.165) is 6.42 Å². The van der Waals surface area contributed by atoms with E-state index >= 15 is 0 Å². The molecule has 1 saturated carbocycles. The van der Waals surface area contributed by atoms with Crippen molar-refractivity contribution in [1.82, 2.24) is 10.3 Å². The predicted molar refractivity (Wildman–Crippen MR) is 88.4 cm³/mol. The number of nitrogens with one attached hydrogen (secondary N) is 2. The van der Waals surface area contributed by atoms with Crippen LogP contribution in [0.1, 0.15) is 33.1 Å². The van der Waals surface area contributed by atoms with Crippen LogP contribution in [0.15, 0.2) is 35.4 Å². The van der Waals surface area contributed by atoms with Gasteiger partial charge in [0.1, 0.15) is 5.54 Å². The number of fused-ring (bicyclic) bond motifs is 1. The molecular formula is C17H21N3S. The Bertz CT molecular complexity index is 635. The molecule has 0 spiro atoms. The van der Waals surface area contributed by atoms with Gasteiger partial charge in [0.15, 0.2) is 0 Å². The average Bonchev–Trinajstić information content (AvgIpc) is 3.15. The van der Waals surface area contributed by atoms with E-state index in [1.165, 1.54) is 28.8 Å². The smallest absolute Gasteiger partial charge is 0.105 e. The molecule has 2 atom stereocenters. The minimum Gasteiger partial charge on any atom is -0.350 e. The van der Waals surface area contributed by atoms with Gasteiger partial charge in [-0.05, 0) is 38.3 Å². The molecule has 3 rings (SSSR count). The van der Waals surface area contributed by atoms with Crippen LogP contribution in [0.4, 0.5) is 0 Å². The van der Waals surface area contributed by atoms with Crippen LogP contribution in [0.3, 0.4) is 0 Å². The van der Waals surface area contributed by atoms with Crippen molar-refractivity contribution in [2.24, 2.45) is 0 Å². The Kier molecular flexibility index (Phi) is 3.97. The highest BCUT2D eigenvalue weighted by Crippen LogP contribution is 2.32. The summed E-state index contributed by atoms with van der Waals surface area (Å²) in [6.45, 7) is 4.22. The lowest BCUT2D eigenvalue weighted by Gasteiger charge is -2.26. The van der Waals surface area contributed by atoms with Crippen LogP contribution in [-0.2, 0) is 0 Å². The summed E-state index contributed by atoms with van der Waals surface area (Å²) in [4.78, 5) is 3.44. The first kappa shape index (κ1) is 14.5. The summed E-state index contributed by atoms with van der Waals surface area (Å²) in [7, 11) is 0. The molecule has 0 saturated heterocycles. The van der Waals surface area contributed by atoms with E-state index in [9.17, 15) is 5.26 Å². The third-order valence-electron chi connectivity index (χ3n) is 3.88. The summed E-state index contributed by atoms with van der Waals surface area (Å²) in [5.41, 5.74) is 0.755. The van der Waals surface area contributed by atoms with Crippen LogP contribution in [0, 0.1) is 11.3 Å². The minimum absolute atomic E-state index is 0.383. The van der Waals surface area contributed by atoms with Crippen LogP contribution in [-0.4, -0.2) is 21.8 Å². The number of nitriles is 1. The summed E-state index contributed by atoms with van der Waals surface area (Å²) in [6, 6.07) is 13.5. The van der Waals surface area contributed by atoms with Crippen LogP contribution in [0.2, 0.25) is 0 Å². The van der Waals surface area contributed by atoms with Gasteiger partial charge in [-0.2, -0.15) is 5.26 Å². The molecule has 1 aromatic heterocycles. The van der Waals surface area contributed by atoms with E-state index in [2.05, 4.69) is 47.6 Å². The second kappa shape index (κ2) is 5.75. The number of hydrogen-bond donors (Lipinski definition) is 2. The number of aromatic nitrogens is 1. The Hall–Kier alpha value is -1.44. The molecule has 2 N–H and O–H groups in total. The molecule has 2 aromatic rings. The van der Waals surface area contributed by atoms with E-state index < -0.39 is 5.54 Å². The van der Waals surface area contributed by atoms with Crippen molar-refractivity contribution in [3.8, 4) is 6.07 Å². The van der Waals surface area contributed by atoms with Gasteiger partial charge in [-0.3, -0.25) is 5.32 Å². The van der Waals surface area contributed by atoms with E-state index in [1.807, 2.05) is 24.8 Å². The van der Waals surface area contributed by atoms with Crippen molar-refractivity contribution in [3.63, 3.8) is 0 Å². The third-order valence-corrected chi connectivity index (χ3v) is 4.92. The fourth-order valence-electron chi connectivity index (χ4n) is 2.76. The zero-order valence-electron chi connectivity index (χ0n) is 12.5. The molecule has 4 heteroatoms. The van der Waals surface area contributed by atoms with E-state index in [4.69, 9.17) is 0 Å². The highest BCUT2D eigenvalue weighted by Gasteiger charge is 2.33. The maximum Gasteiger partial charge on any atom is 0.105 e. The summed E-state index contributed by atoms with van der Waals surface area (Å²) >= 11 is 1.81. The first-order valence-corrected chi connectivity index (χ1v) is 8.39. The molecule has 1 aliphatic carbocycles. The first-order valence-electron chi connectivity index (χ1n) is 7.51. The monoisotopic (exact) mass is 299 g/mol. The maximum absolute atomic E-state index is 9.46. The molecule has 0 radical (unpaired) electrons. The van der Waals surface area contributed by atoms with Gasteiger partial charge in [0.2, 0.25) is 0 Å². The van der Waals surface area contributed by atoms with E-state index in [0.29, 0.717) is 11.3 Å². The Morgan fingerprint density at radius 3 is 2.90 bits per heavy atom. The molecule has 1 aromatic carbocycles. The van der Waals surface area contributed by atoms with Crippen molar-refractivity contribution in [1.29, 1.82) is 5.26 Å². The number of thioether (sulfide) groups is 1. The fourth-order valence-corrected chi connectivity index (χ4v) is 3.97. The largest absolute Gasteiger partial charge is 0.350 e. The Balaban J connectivity index is 1.64. The molecule has 0 aliphatic heterocycles. The molecule has 3 nitrogen and oxygen atoms in total. The van der Waals surface area contributed by atoms with Gasteiger partial charge in [-0.15, -0.1) is 11.8 Å². The zero-order valence-corrected chi connectivity index (χ0v) is 13.3. The van der Waals surface area contributed by atoms with Gasteiger partial charge in [0.25, 0.3) is 0 Å². The molecule has 1 aliphatic rings. The van der Waals surface area contributed by atoms with Crippen LogP contribution >= 0.6 is 11.8 Å². The van der Waals surface area contributed by atoms with Crippen LogP contribution in [0.25, 0.3) is 10.9 Å². The maximum atomic E-state index is 9.46. The fraction of sp³-hybridized carbons (Fsp3) is 0.471. The molecular weight excluding hydrogens is 278 g/mol. The SMILES string of the molecule is CC(CC(C)(C#N)NC1CC1)Sc1cc2ccccc2[nH]1. The lowest BCUT2D eigenvalue weighted by molar-refractivity contribution is 0.414. The highest BCUT2D eigenvalue weighted by molar-refractivity contribution is 7.99. The molecule has 21 heavy (non-hydrogen) atoms. The Labute approximate surface area is 130 Å². The molecule has 2 unspecified atom stereocenters. The number of hydrogen-bond acceptors (Lipinski definition) is 3. The topological polar surface area (TPSA) is 51.6 Å². The predicted octanol–water partition coefficient (Wildman–Crippen LogP) is 4.07. The lowest BCUT2D eigenvalue weighted by atomic mass is 9.98. The Morgan fingerprint density at radius 2 is 2.24 bits per heavy atom. The standard InChI is InChI=1S/C17H21N3S/c1-12(10-17(2,11-18)20-14-7-8-14)21-16-9-13-5-3-4-6-15(13)19-16/h3-6,9,12,14,19-20H,7-8,10H2,1-2H3. The summed E-state index contributed by atoms with van der Waals surface area (Å²) in [5, 5.41) is 15.7. The lowest BCUT2D eigenvalue weighted by Crippen LogP contribution is -2.44. The van der Waals surface area contributed by atoms with Gasteiger partial charge in [-0.25, -0.2) is 0 Å². The number of para-hydroxylation sites is 1. The molecule has 1 heterocycles. The van der Waals surface area contributed by atoms with Crippen LogP contribution < -0.4 is 5.32 Å². The average molecular weight is 299 g/mol. The van der Waals surface area contributed by atoms with E-state index in [1.54, 1.807) is 0 Å². The number of aromatic amines is 1. The second-order valence-electron chi connectivity index (χ2n) is 6.22. The minimum atomic E-state index is -0.417. The first-order chi connectivity index (χ1) is 10.1. The van der Waals surface area contributed by atoms with Crippen molar-refractivity contribution < 1.29 is 0 Å². The van der Waals surface area contributed by atoms with Gasteiger partial charge < -0.3 is 4.98 Å². The van der Waals surface area contributed by atoms with Crippen molar-refractivity contribution >= 4 is 22.7 Å². The van der Waals surface area contributed by atoms with Crippen molar-refractivity contribution in [2.45, 2.75) is 55.0 Å². The highest BCUT2D eigenvalue weighted by atomic mass is 32.2. The number of nitrogens with zero attached hydrogens (tertiary/aromatic N) is 1. The van der Waals surface area contributed by atoms with Gasteiger partial charge in [0, 0.05) is 22.2 Å². The molecule has 1 fully saturated rings. The van der Waals surface area contributed by atoms with Gasteiger partial charge in [-0.1, -0.05) is 25.1 Å². The number of H-pyrrole nitrogens is 1. The van der Waals surface area contributed by atoms with Crippen molar-refractivity contribution in [2.75, 3.05) is 0 Å². The second-order valence-corrected chi connectivity index (χ2v) is 7.70.